The topological polar surface area (TPSA) is 17.1 Å². The summed E-state index contributed by atoms with van der Waals surface area (Å²) in [6.07, 6.45) is 0. The lowest BCUT2D eigenvalue weighted by molar-refractivity contribution is 2.04. The highest BCUT2D eigenvalue weighted by Gasteiger charge is 2.15. The van der Waals surface area contributed by atoms with E-state index in [2.05, 4.69) is 0 Å². The summed E-state index contributed by atoms with van der Waals surface area (Å²) in [4.78, 5) is 9.88. The lowest BCUT2D eigenvalue weighted by atomic mass is 11.1. The molecular weight excluding hydrogens is 123 g/mol. The fourth-order valence-electron chi connectivity index (χ4n) is 0.129. The monoisotopic (exact) mass is 122 g/mol. The first-order valence-electron chi connectivity index (χ1n) is 1.33. The molecule has 32 valence electrons. The zero-order chi connectivity index (χ0) is 4.73. The molecule has 1 aromatic rings. The Balaban J connectivity index is 3.11. The SMILES string of the molecule is O=c1c(Cl)c1Cl. The summed E-state index contributed by atoms with van der Waals surface area (Å²) in [6, 6.07) is 0. The zero-order valence-electron chi connectivity index (χ0n) is 2.66. The first-order chi connectivity index (χ1) is 2.73. The Morgan fingerprint density at radius 3 is 1.33 bits per heavy atom. The fourth-order valence-corrected chi connectivity index (χ4v) is 0.444. The van der Waals surface area contributed by atoms with Gasteiger partial charge in [0.1, 0.15) is 10.0 Å². The molecule has 1 rings (SSSR count). The molecule has 0 fully saturated rings. The second kappa shape index (κ2) is 0.983. The van der Waals surface area contributed by atoms with Crippen LogP contribution in [-0.4, -0.2) is 0 Å². The van der Waals surface area contributed by atoms with E-state index in [1.165, 1.54) is 0 Å². The van der Waals surface area contributed by atoms with Gasteiger partial charge in [0, 0.05) is 0 Å². The number of hydrogen-bond donors (Lipinski definition) is 0. The maximum absolute atomic E-state index is 9.88. The Bertz CT molecular complexity index is 155. The number of rotatable bonds is 0. The van der Waals surface area contributed by atoms with Gasteiger partial charge in [0.05, 0.1) is 0 Å². The fraction of sp³-hybridized carbons (Fsp3) is 0. The molecule has 0 aliphatic carbocycles. The molecule has 0 bridgehead atoms. The van der Waals surface area contributed by atoms with E-state index in [0.29, 0.717) is 0 Å². The van der Waals surface area contributed by atoms with E-state index in [-0.39, 0.29) is 15.5 Å². The van der Waals surface area contributed by atoms with Crippen molar-refractivity contribution < 1.29 is 0 Å². The second-order valence-corrected chi connectivity index (χ2v) is 1.71. The lowest BCUT2D eigenvalue weighted by Gasteiger charge is -1.44. The third-order valence-electron chi connectivity index (χ3n) is 0.529. The van der Waals surface area contributed by atoms with Gasteiger partial charge in [-0.1, -0.05) is 23.2 Å². The predicted molar refractivity (Wildman–Crippen MR) is 25.1 cm³/mol. The van der Waals surface area contributed by atoms with Crippen molar-refractivity contribution in [1.82, 2.24) is 0 Å². The van der Waals surface area contributed by atoms with Gasteiger partial charge in [0.25, 0.3) is 0 Å². The molecule has 0 amide bonds. The maximum atomic E-state index is 9.88. The molecule has 0 spiro atoms. The predicted octanol–water partition coefficient (Wildman–Crippen LogP) is 1.23. The molecule has 0 heterocycles. The minimum atomic E-state index is -0.210. The van der Waals surface area contributed by atoms with Crippen LogP contribution in [0.2, 0.25) is 10.0 Å². The number of hydrogen-bond acceptors (Lipinski definition) is 1. The molecule has 0 N–H and O–H groups in total. The Morgan fingerprint density at radius 1 is 1.17 bits per heavy atom. The van der Waals surface area contributed by atoms with Crippen LogP contribution in [0.5, 0.6) is 0 Å². The highest BCUT2D eigenvalue weighted by Crippen LogP contribution is 2.20. The third kappa shape index (κ3) is 0.357. The molecule has 0 atom stereocenters. The van der Waals surface area contributed by atoms with Crippen molar-refractivity contribution in [2.75, 3.05) is 0 Å². The van der Waals surface area contributed by atoms with Crippen molar-refractivity contribution in [3.8, 4) is 0 Å². The quantitative estimate of drug-likeness (QED) is 0.506. The first-order valence-corrected chi connectivity index (χ1v) is 2.09. The van der Waals surface area contributed by atoms with Gasteiger partial charge in [0.15, 0.2) is 0 Å². The molecule has 0 aliphatic heterocycles. The molecule has 3 heteroatoms. The smallest absolute Gasteiger partial charge is 0.219 e. The molecule has 0 radical (unpaired) electrons. The summed E-state index contributed by atoms with van der Waals surface area (Å²) in [5.74, 6) is 0. The lowest BCUT2D eigenvalue weighted by Crippen LogP contribution is -1.67. The van der Waals surface area contributed by atoms with Crippen LogP contribution in [0.15, 0.2) is 4.79 Å². The summed E-state index contributed by atoms with van der Waals surface area (Å²) in [7, 11) is 0. The normalized spacial score (nSPS) is 10.3. The molecule has 0 unspecified atom stereocenters. The van der Waals surface area contributed by atoms with Gasteiger partial charge in [-0.25, -0.2) is 0 Å². The third-order valence-corrected chi connectivity index (χ3v) is 1.35. The van der Waals surface area contributed by atoms with Crippen LogP contribution in [0.1, 0.15) is 0 Å². The minimum absolute atomic E-state index is 0.191. The van der Waals surface area contributed by atoms with Gasteiger partial charge in [-0.05, 0) is 0 Å². The summed E-state index contributed by atoms with van der Waals surface area (Å²) in [6.45, 7) is 0. The number of halogens is 2. The average Bonchev–Trinajstić information content (AvgIpc) is 1.94. The zero-order valence-corrected chi connectivity index (χ0v) is 4.18. The van der Waals surface area contributed by atoms with Crippen LogP contribution < -0.4 is 5.43 Å². The Morgan fingerprint density at radius 2 is 1.33 bits per heavy atom. The molecule has 0 saturated carbocycles. The van der Waals surface area contributed by atoms with E-state index in [1.807, 2.05) is 0 Å². The summed E-state index contributed by atoms with van der Waals surface area (Å²) in [5, 5.41) is 0.383. The van der Waals surface area contributed by atoms with Gasteiger partial charge in [0.2, 0.25) is 5.43 Å². The van der Waals surface area contributed by atoms with E-state index in [1.54, 1.807) is 0 Å². The Labute approximate surface area is 44.2 Å². The molecular formula is C3Cl2O. The highest BCUT2D eigenvalue weighted by molar-refractivity contribution is 6.46. The molecule has 0 aliphatic rings. The van der Waals surface area contributed by atoms with E-state index >= 15 is 0 Å². The standard InChI is InChI=1S/C3Cl2O/c4-1-2(5)3(1)6. The van der Waals surface area contributed by atoms with Crippen molar-refractivity contribution in [1.29, 1.82) is 0 Å². The van der Waals surface area contributed by atoms with Crippen LogP contribution in [-0.2, 0) is 0 Å². The van der Waals surface area contributed by atoms with Crippen molar-refractivity contribution in [2.24, 2.45) is 0 Å². The second-order valence-electron chi connectivity index (χ2n) is 0.957. The molecule has 0 aromatic heterocycles. The molecule has 6 heavy (non-hydrogen) atoms. The van der Waals surface area contributed by atoms with Gasteiger partial charge in [-0.3, -0.25) is 4.79 Å². The van der Waals surface area contributed by atoms with Crippen LogP contribution in [0, 0.1) is 0 Å². The van der Waals surface area contributed by atoms with Crippen LogP contribution >= 0.6 is 23.2 Å². The van der Waals surface area contributed by atoms with Gasteiger partial charge >= 0.3 is 0 Å². The first kappa shape index (κ1) is 4.16. The van der Waals surface area contributed by atoms with E-state index in [0.717, 1.165) is 0 Å². The maximum Gasteiger partial charge on any atom is 0.219 e. The minimum Gasteiger partial charge on any atom is -0.286 e. The van der Waals surface area contributed by atoms with Crippen molar-refractivity contribution in [3.05, 3.63) is 20.3 Å². The largest absolute Gasteiger partial charge is 0.286 e. The van der Waals surface area contributed by atoms with E-state index in [4.69, 9.17) is 23.2 Å². The van der Waals surface area contributed by atoms with E-state index in [9.17, 15) is 4.79 Å². The summed E-state index contributed by atoms with van der Waals surface area (Å²) < 4.78 is 0. The van der Waals surface area contributed by atoms with Crippen molar-refractivity contribution >= 4 is 23.2 Å². The summed E-state index contributed by atoms with van der Waals surface area (Å²) >= 11 is 10.2. The Hall–Kier alpha value is -0.0100. The van der Waals surface area contributed by atoms with Crippen molar-refractivity contribution in [3.63, 3.8) is 0 Å². The molecule has 1 aromatic carbocycles. The van der Waals surface area contributed by atoms with Crippen LogP contribution in [0.4, 0.5) is 0 Å². The summed E-state index contributed by atoms with van der Waals surface area (Å²) in [5.41, 5.74) is -0.210. The average molecular weight is 123 g/mol. The Kier molecular flexibility index (Phi) is 0.681. The highest BCUT2D eigenvalue weighted by atomic mass is 35.5. The van der Waals surface area contributed by atoms with E-state index < -0.39 is 0 Å². The van der Waals surface area contributed by atoms with Gasteiger partial charge in [-0.15, -0.1) is 0 Å². The molecule has 1 nitrogen and oxygen atoms in total. The van der Waals surface area contributed by atoms with Crippen LogP contribution in [0.3, 0.4) is 0 Å². The van der Waals surface area contributed by atoms with Crippen LogP contribution in [0.25, 0.3) is 0 Å². The van der Waals surface area contributed by atoms with Gasteiger partial charge < -0.3 is 0 Å². The van der Waals surface area contributed by atoms with Crippen molar-refractivity contribution in [2.45, 2.75) is 0 Å². The van der Waals surface area contributed by atoms with Gasteiger partial charge in [-0.2, -0.15) is 0 Å². The molecule has 0 saturated heterocycles.